The highest BCUT2D eigenvalue weighted by molar-refractivity contribution is 6.21. The Morgan fingerprint density at radius 2 is 2.20 bits per heavy atom. The van der Waals surface area contributed by atoms with Gasteiger partial charge in [0.05, 0.1) is 11.1 Å². The number of anilines is 1. The molecule has 3 heterocycles. The Bertz CT molecular complexity index is 607. The molecule has 0 N–H and O–H groups in total. The van der Waals surface area contributed by atoms with E-state index in [1.165, 1.54) is 0 Å². The third-order valence-electron chi connectivity index (χ3n) is 4.15. The Morgan fingerprint density at radius 3 is 2.90 bits per heavy atom. The molecule has 0 radical (unpaired) electrons. The topological polar surface area (TPSA) is 33.4 Å². The van der Waals surface area contributed by atoms with E-state index in [-0.39, 0.29) is 5.38 Å². The van der Waals surface area contributed by atoms with Crippen LogP contribution >= 0.6 is 11.6 Å². The molecule has 108 valence electrons. The molecule has 0 spiro atoms. The summed E-state index contributed by atoms with van der Waals surface area (Å²) in [6.45, 7) is 8.41. The van der Waals surface area contributed by atoms with Gasteiger partial charge in [-0.1, -0.05) is 20.8 Å². The van der Waals surface area contributed by atoms with E-state index in [2.05, 4.69) is 41.8 Å². The number of alkyl halides is 1. The fraction of sp³-hybridized carbons (Fsp3) is 0.600. The molecule has 2 aromatic heterocycles. The smallest absolute Gasteiger partial charge is 0.154 e. The number of aromatic nitrogens is 3. The van der Waals surface area contributed by atoms with Gasteiger partial charge < -0.3 is 4.90 Å². The fourth-order valence-corrected chi connectivity index (χ4v) is 2.96. The quantitative estimate of drug-likeness (QED) is 0.796. The van der Waals surface area contributed by atoms with Gasteiger partial charge in [-0.3, -0.25) is 0 Å². The third kappa shape index (κ3) is 2.37. The van der Waals surface area contributed by atoms with Crippen LogP contribution in [0.15, 0.2) is 18.5 Å². The maximum atomic E-state index is 6.43. The van der Waals surface area contributed by atoms with E-state index in [4.69, 9.17) is 11.6 Å². The summed E-state index contributed by atoms with van der Waals surface area (Å²) in [6, 6.07) is 2.15. The first kappa shape index (κ1) is 13.7. The third-order valence-corrected chi connectivity index (χ3v) is 4.71. The van der Waals surface area contributed by atoms with E-state index in [0.717, 1.165) is 36.5 Å². The number of hydrogen-bond donors (Lipinski definition) is 0. The highest BCUT2D eigenvalue weighted by Gasteiger charge is 2.26. The zero-order valence-electron chi connectivity index (χ0n) is 12.3. The lowest BCUT2D eigenvalue weighted by molar-refractivity contribution is 0.444. The molecular formula is C15H21ClN4. The van der Waals surface area contributed by atoms with Gasteiger partial charge in [0, 0.05) is 25.5 Å². The van der Waals surface area contributed by atoms with Gasteiger partial charge in [-0.25, -0.2) is 9.50 Å². The van der Waals surface area contributed by atoms with E-state index in [9.17, 15) is 0 Å². The van der Waals surface area contributed by atoms with Crippen molar-refractivity contribution in [1.29, 1.82) is 0 Å². The molecule has 1 aliphatic heterocycles. The Labute approximate surface area is 124 Å². The summed E-state index contributed by atoms with van der Waals surface area (Å²) < 4.78 is 1.93. The largest absolute Gasteiger partial charge is 0.353 e. The molecule has 5 heteroatoms. The highest BCUT2D eigenvalue weighted by atomic mass is 35.5. The number of fused-ring (bicyclic) bond motifs is 1. The molecule has 2 atom stereocenters. The van der Waals surface area contributed by atoms with Gasteiger partial charge in [0.15, 0.2) is 5.82 Å². The second kappa shape index (κ2) is 5.24. The van der Waals surface area contributed by atoms with E-state index in [0.29, 0.717) is 11.8 Å². The Morgan fingerprint density at radius 1 is 1.40 bits per heavy atom. The number of hydrogen-bond acceptors (Lipinski definition) is 3. The molecule has 0 bridgehead atoms. The lowest BCUT2D eigenvalue weighted by atomic mass is 9.98. The van der Waals surface area contributed by atoms with Gasteiger partial charge >= 0.3 is 0 Å². The summed E-state index contributed by atoms with van der Waals surface area (Å²) >= 11 is 6.43. The van der Waals surface area contributed by atoms with Crippen molar-refractivity contribution < 1.29 is 0 Å². The van der Waals surface area contributed by atoms with Crippen molar-refractivity contribution in [2.45, 2.75) is 38.5 Å². The average molecular weight is 293 g/mol. The molecule has 0 saturated carbocycles. The van der Waals surface area contributed by atoms with Gasteiger partial charge in [0.25, 0.3) is 0 Å². The minimum absolute atomic E-state index is 0.193. The minimum Gasteiger partial charge on any atom is -0.353 e. The highest BCUT2D eigenvalue weighted by Crippen LogP contribution is 2.28. The Hall–Kier alpha value is -1.29. The molecule has 2 aromatic rings. The lowest BCUT2D eigenvalue weighted by Gasteiger charge is -2.34. The van der Waals surface area contributed by atoms with E-state index < -0.39 is 0 Å². The molecule has 1 fully saturated rings. The summed E-state index contributed by atoms with van der Waals surface area (Å²) in [5, 5.41) is 4.81. The van der Waals surface area contributed by atoms with Gasteiger partial charge in [-0.15, -0.1) is 11.6 Å². The van der Waals surface area contributed by atoms with Crippen molar-refractivity contribution in [1.82, 2.24) is 14.6 Å². The zero-order chi connectivity index (χ0) is 14.3. The van der Waals surface area contributed by atoms with Crippen LogP contribution in [0, 0.1) is 5.92 Å². The number of piperidine rings is 1. The van der Waals surface area contributed by atoms with Crippen LogP contribution in [0.5, 0.6) is 0 Å². The molecule has 0 aliphatic carbocycles. The van der Waals surface area contributed by atoms with Crippen LogP contribution in [0.4, 0.5) is 5.82 Å². The van der Waals surface area contributed by atoms with Gasteiger partial charge in [0.1, 0.15) is 5.52 Å². The fourth-order valence-electron chi connectivity index (χ4n) is 2.67. The lowest BCUT2D eigenvalue weighted by Crippen LogP contribution is -2.41. The van der Waals surface area contributed by atoms with Crippen LogP contribution in [0.3, 0.4) is 0 Å². The van der Waals surface area contributed by atoms with E-state index >= 15 is 0 Å². The first-order chi connectivity index (χ1) is 9.56. The summed E-state index contributed by atoms with van der Waals surface area (Å²) in [5.41, 5.74) is 2.18. The molecule has 0 amide bonds. The van der Waals surface area contributed by atoms with Crippen molar-refractivity contribution in [3.8, 4) is 0 Å². The molecular weight excluding hydrogens is 272 g/mol. The predicted octanol–water partition coefficient (Wildman–Crippen LogP) is 3.31. The summed E-state index contributed by atoms with van der Waals surface area (Å²) in [7, 11) is 0. The number of halogens is 1. The van der Waals surface area contributed by atoms with E-state index in [1.807, 2.05) is 16.9 Å². The van der Waals surface area contributed by atoms with Crippen LogP contribution in [0.2, 0.25) is 0 Å². The van der Waals surface area contributed by atoms with Crippen molar-refractivity contribution in [3.05, 3.63) is 24.2 Å². The van der Waals surface area contributed by atoms with E-state index in [1.54, 1.807) is 0 Å². The first-order valence-electron chi connectivity index (χ1n) is 7.29. The maximum absolute atomic E-state index is 6.43. The van der Waals surface area contributed by atoms with Crippen LogP contribution < -0.4 is 4.90 Å². The van der Waals surface area contributed by atoms with Crippen molar-refractivity contribution in [3.63, 3.8) is 0 Å². The van der Waals surface area contributed by atoms with Crippen LogP contribution in [0.1, 0.15) is 38.8 Å². The normalized spacial score (nSPS) is 23.8. The standard InChI is InChI=1S/C15H21ClN4/c1-10(2)13-8-14-15(17-5-7-20(14)18-13)19-6-4-11(3)12(16)9-19/h5,7-8,10-12H,4,6,9H2,1-3H3. The van der Waals surface area contributed by atoms with Crippen molar-refractivity contribution in [2.75, 3.05) is 18.0 Å². The molecule has 0 aromatic carbocycles. The van der Waals surface area contributed by atoms with Gasteiger partial charge in [-0.2, -0.15) is 5.10 Å². The Kier molecular flexibility index (Phi) is 3.59. The Balaban J connectivity index is 1.99. The predicted molar refractivity (Wildman–Crippen MR) is 82.7 cm³/mol. The van der Waals surface area contributed by atoms with Crippen molar-refractivity contribution in [2.24, 2.45) is 5.92 Å². The SMILES string of the molecule is CC(C)c1cc2c(N3CCC(C)C(Cl)C3)nccn2n1. The van der Waals surface area contributed by atoms with Gasteiger partial charge in [0.2, 0.25) is 0 Å². The van der Waals surface area contributed by atoms with Gasteiger partial charge in [-0.05, 0) is 24.3 Å². The van der Waals surface area contributed by atoms with Crippen LogP contribution in [0.25, 0.3) is 5.52 Å². The summed E-state index contributed by atoms with van der Waals surface area (Å²) in [6.07, 6.45) is 4.85. The molecule has 3 rings (SSSR count). The molecule has 1 saturated heterocycles. The summed E-state index contributed by atoms with van der Waals surface area (Å²) in [4.78, 5) is 6.86. The van der Waals surface area contributed by atoms with Crippen LogP contribution in [-0.2, 0) is 0 Å². The first-order valence-corrected chi connectivity index (χ1v) is 7.73. The second-order valence-electron chi connectivity index (χ2n) is 6.03. The van der Waals surface area contributed by atoms with Crippen molar-refractivity contribution >= 4 is 22.9 Å². The second-order valence-corrected chi connectivity index (χ2v) is 6.59. The monoisotopic (exact) mass is 292 g/mol. The molecule has 20 heavy (non-hydrogen) atoms. The summed E-state index contributed by atoms with van der Waals surface area (Å²) in [5.74, 6) is 2.00. The molecule has 4 nitrogen and oxygen atoms in total. The molecule has 1 aliphatic rings. The minimum atomic E-state index is 0.193. The zero-order valence-corrected chi connectivity index (χ0v) is 13.0. The van der Waals surface area contributed by atoms with Crippen LogP contribution in [-0.4, -0.2) is 33.1 Å². The maximum Gasteiger partial charge on any atom is 0.154 e. The number of nitrogens with zero attached hydrogens (tertiary/aromatic N) is 4. The average Bonchev–Trinajstić information content (AvgIpc) is 2.86. The number of rotatable bonds is 2. The molecule has 2 unspecified atom stereocenters.